The van der Waals surface area contributed by atoms with Crippen LogP contribution in [0.3, 0.4) is 0 Å². The lowest BCUT2D eigenvalue weighted by molar-refractivity contribution is 0.282. The minimum absolute atomic E-state index is 0.192. The number of sulfonamides is 1. The van der Waals surface area contributed by atoms with Crippen LogP contribution in [0, 0.1) is 6.92 Å². The first-order valence-corrected chi connectivity index (χ1v) is 9.46. The summed E-state index contributed by atoms with van der Waals surface area (Å²) in [6.07, 6.45) is 0. The van der Waals surface area contributed by atoms with E-state index in [1.807, 2.05) is 24.3 Å². The third kappa shape index (κ3) is 3.73. The van der Waals surface area contributed by atoms with Gasteiger partial charge in [-0.2, -0.15) is 0 Å². The highest BCUT2D eigenvalue weighted by Gasteiger charge is 2.24. The van der Waals surface area contributed by atoms with Crippen molar-refractivity contribution in [2.75, 3.05) is 0 Å². The van der Waals surface area contributed by atoms with Gasteiger partial charge in [-0.05, 0) is 42.5 Å². The lowest BCUT2D eigenvalue weighted by Crippen LogP contribution is -2.27. The topological polar surface area (TPSA) is 66.4 Å². The number of nitrogens with one attached hydrogen (secondary N) is 1. The maximum absolute atomic E-state index is 12.5. The Labute approximate surface area is 137 Å². The molecule has 0 aliphatic carbocycles. The summed E-state index contributed by atoms with van der Waals surface area (Å²) in [5.41, 5.74) is 1.52. The molecule has 0 radical (unpaired) electrons. The number of hydrogen-bond acceptors (Lipinski definition) is 4. The third-order valence-electron chi connectivity index (χ3n) is 3.08. The van der Waals surface area contributed by atoms with Crippen molar-refractivity contribution in [2.24, 2.45) is 0 Å². The number of aryl methyl sites for hydroxylation is 1. The molecule has 0 bridgehead atoms. The van der Waals surface area contributed by atoms with Crippen molar-refractivity contribution < 1.29 is 13.5 Å². The molecule has 4 nitrogen and oxygen atoms in total. The zero-order valence-electron chi connectivity index (χ0n) is 11.6. The summed E-state index contributed by atoms with van der Waals surface area (Å²) in [6.45, 7) is 3.24. The summed E-state index contributed by atoms with van der Waals surface area (Å²) in [5.74, 6) is 0. The van der Waals surface area contributed by atoms with Crippen LogP contribution in [0.4, 0.5) is 0 Å². The largest absolute Gasteiger partial charge is 0.391 e. The van der Waals surface area contributed by atoms with Crippen molar-refractivity contribution in [3.8, 4) is 0 Å². The minimum Gasteiger partial charge on any atom is -0.391 e. The first-order valence-electron chi connectivity index (χ1n) is 6.30. The normalized spacial score (nSPS) is 13.3. The standard InChI is InChI=1S/C14H16BrNO3S2/c1-9-8-20-13(7-17)14(9)21(18,19)16-10(2)11-4-3-5-12(15)6-11/h3-6,8,10,16-17H,7H2,1-2H3. The molecule has 1 unspecified atom stereocenters. The van der Waals surface area contributed by atoms with E-state index in [-0.39, 0.29) is 17.5 Å². The summed E-state index contributed by atoms with van der Waals surface area (Å²) >= 11 is 4.63. The van der Waals surface area contributed by atoms with Gasteiger partial charge in [0.2, 0.25) is 10.0 Å². The molecule has 2 N–H and O–H groups in total. The first kappa shape index (κ1) is 16.6. The van der Waals surface area contributed by atoms with Gasteiger partial charge in [-0.15, -0.1) is 11.3 Å². The first-order chi connectivity index (χ1) is 9.85. The van der Waals surface area contributed by atoms with Crippen LogP contribution in [0.1, 0.15) is 29.0 Å². The van der Waals surface area contributed by atoms with Crippen molar-refractivity contribution >= 4 is 37.3 Å². The number of thiophene rings is 1. The molecule has 114 valence electrons. The number of hydrogen-bond donors (Lipinski definition) is 2. The monoisotopic (exact) mass is 389 g/mol. The summed E-state index contributed by atoms with van der Waals surface area (Å²) in [5, 5.41) is 11.0. The molecule has 0 fully saturated rings. The smallest absolute Gasteiger partial charge is 0.242 e. The maximum Gasteiger partial charge on any atom is 0.242 e. The molecular weight excluding hydrogens is 374 g/mol. The highest BCUT2D eigenvalue weighted by atomic mass is 79.9. The van der Waals surface area contributed by atoms with Crippen LogP contribution in [0.5, 0.6) is 0 Å². The van der Waals surface area contributed by atoms with Crippen molar-refractivity contribution in [3.05, 3.63) is 50.1 Å². The van der Waals surface area contributed by atoms with E-state index in [0.29, 0.717) is 10.4 Å². The van der Waals surface area contributed by atoms with Gasteiger partial charge in [0.15, 0.2) is 0 Å². The zero-order chi connectivity index (χ0) is 15.6. The summed E-state index contributed by atoms with van der Waals surface area (Å²) in [4.78, 5) is 0.651. The van der Waals surface area contributed by atoms with Crippen molar-refractivity contribution in [3.63, 3.8) is 0 Å². The maximum atomic E-state index is 12.5. The minimum atomic E-state index is -3.67. The number of rotatable bonds is 5. The van der Waals surface area contributed by atoms with E-state index < -0.39 is 10.0 Å². The van der Waals surface area contributed by atoms with E-state index in [1.54, 1.807) is 19.2 Å². The second kappa shape index (κ2) is 6.58. The quantitative estimate of drug-likeness (QED) is 0.823. The Hall–Kier alpha value is -0.730. The van der Waals surface area contributed by atoms with Gasteiger partial charge >= 0.3 is 0 Å². The molecule has 7 heteroatoms. The van der Waals surface area contributed by atoms with Gasteiger partial charge in [0.1, 0.15) is 4.90 Å². The Morgan fingerprint density at radius 3 is 2.76 bits per heavy atom. The highest BCUT2D eigenvalue weighted by Crippen LogP contribution is 2.28. The Bertz CT molecular complexity index is 740. The Balaban J connectivity index is 2.31. The predicted molar refractivity (Wildman–Crippen MR) is 87.9 cm³/mol. The third-order valence-corrected chi connectivity index (χ3v) is 6.56. The van der Waals surface area contributed by atoms with Crippen molar-refractivity contribution in [1.82, 2.24) is 4.72 Å². The zero-order valence-corrected chi connectivity index (χ0v) is 14.8. The molecule has 1 aromatic carbocycles. The van der Waals surface area contributed by atoms with Crippen LogP contribution < -0.4 is 4.72 Å². The molecule has 1 aromatic heterocycles. The Kier molecular flexibility index (Phi) is 5.21. The molecule has 1 atom stereocenters. The van der Waals surface area contributed by atoms with Crippen molar-refractivity contribution in [1.29, 1.82) is 0 Å². The lowest BCUT2D eigenvalue weighted by Gasteiger charge is -2.15. The second-order valence-electron chi connectivity index (χ2n) is 4.73. The van der Waals surface area contributed by atoms with Crippen LogP contribution in [0.2, 0.25) is 0 Å². The molecule has 0 saturated heterocycles. The number of halogens is 1. The molecule has 0 spiro atoms. The summed E-state index contributed by atoms with van der Waals surface area (Å²) in [7, 11) is -3.67. The van der Waals surface area contributed by atoms with Crippen LogP contribution in [-0.4, -0.2) is 13.5 Å². The number of benzene rings is 1. The van der Waals surface area contributed by atoms with E-state index in [4.69, 9.17) is 0 Å². The van der Waals surface area contributed by atoms with Gasteiger partial charge in [0, 0.05) is 10.5 Å². The van der Waals surface area contributed by atoms with Gasteiger partial charge in [0.05, 0.1) is 11.5 Å². The lowest BCUT2D eigenvalue weighted by atomic mass is 10.1. The van der Waals surface area contributed by atoms with Gasteiger partial charge in [0.25, 0.3) is 0 Å². The molecule has 0 saturated carbocycles. The van der Waals surface area contributed by atoms with E-state index in [1.165, 1.54) is 11.3 Å². The van der Waals surface area contributed by atoms with E-state index in [0.717, 1.165) is 10.0 Å². The Morgan fingerprint density at radius 2 is 2.14 bits per heavy atom. The Morgan fingerprint density at radius 1 is 1.43 bits per heavy atom. The van der Waals surface area contributed by atoms with Gasteiger partial charge in [-0.25, -0.2) is 13.1 Å². The molecular formula is C14H16BrNO3S2. The SMILES string of the molecule is Cc1csc(CO)c1S(=O)(=O)NC(C)c1cccc(Br)c1. The molecule has 1 heterocycles. The fourth-order valence-electron chi connectivity index (χ4n) is 2.09. The summed E-state index contributed by atoms with van der Waals surface area (Å²) in [6, 6.07) is 7.13. The predicted octanol–water partition coefficient (Wildman–Crippen LogP) is 3.35. The van der Waals surface area contributed by atoms with Gasteiger partial charge < -0.3 is 5.11 Å². The van der Waals surface area contributed by atoms with E-state index in [9.17, 15) is 13.5 Å². The van der Waals surface area contributed by atoms with Crippen LogP contribution in [-0.2, 0) is 16.6 Å². The second-order valence-corrected chi connectivity index (χ2v) is 8.26. The average Bonchev–Trinajstić information content (AvgIpc) is 2.80. The highest BCUT2D eigenvalue weighted by molar-refractivity contribution is 9.10. The van der Waals surface area contributed by atoms with Crippen LogP contribution in [0.25, 0.3) is 0 Å². The molecule has 0 amide bonds. The molecule has 21 heavy (non-hydrogen) atoms. The molecule has 0 aliphatic rings. The number of aliphatic hydroxyl groups excluding tert-OH is 1. The van der Waals surface area contributed by atoms with Gasteiger partial charge in [-0.3, -0.25) is 0 Å². The average molecular weight is 390 g/mol. The molecule has 2 aromatic rings. The van der Waals surface area contributed by atoms with Gasteiger partial charge in [-0.1, -0.05) is 28.1 Å². The molecule has 0 aliphatic heterocycles. The van der Waals surface area contributed by atoms with E-state index in [2.05, 4.69) is 20.7 Å². The van der Waals surface area contributed by atoms with Crippen LogP contribution >= 0.6 is 27.3 Å². The summed E-state index contributed by atoms with van der Waals surface area (Å²) < 4.78 is 28.6. The van der Waals surface area contributed by atoms with Crippen molar-refractivity contribution in [2.45, 2.75) is 31.4 Å². The van der Waals surface area contributed by atoms with Crippen LogP contribution in [0.15, 0.2) is 39.0 Å². The van der Waals surface area contributed by atoms with E-state index >= 15 is 0 Å². The fourth-order valence-corrected chi connectivity index (χ4v) is 5.40. The fraction of sp³-hybridized carbons (Fsp3) is 0.286. The number of aliphatic hydroxyl groups is 1. The molecule has 2 rings (SSSR count).